The molecule has 0 saturated carbocycles. The van der Waals surface area contributed by atoms with Crippen LogP contribution in [0.25, 0.3) is 0 Å². The van der Waals surface area contributed by atoms with Gasteiger partial charge in [-0.1, -0.05) is 32.0 Å². The summed E-state index contributed by atoms with van der Waals surface area (Å²) < 4.78 is 0. The van der Waals surface area contributed by atoms with Gasteiger partial charge in [-0.3, -0.25) is 4.99 Å². The predicted octanol–water partition coefficient (Wildman–Crippen LogP) is 3.60. The van der Waals surface area contributed by atoms with Crippen LogP contribution in [0.1, 0.15) is 19.4 Å². The van der Waals surface area contributed by atoms with Crippen molar-refractivity contribution in [1.29, 1.82) is 0 Å². The molecule has 1 rings (SSSR count). The Morgan fingerprint density at radius 1 is 1.15 bits per heavy atom. The molecule has 0 saturated heterocycles. The number of terminal acetylenes is 1. The molecule has 0 spiro atoms. The number of aryl methyl sites for hydroxylation is 1. The van der Waals surface area contributed by atoms with Crippen molar-refractivity contribution < 1.29 is 0 Å². The number of hydrogen-bond acceptors (Lipinski definition) is 1. The van der Waals surface area contributed by atoms with Gasteiger partial charge >= 0.3 is 0 Å². The minimum atomic E-state index is 0.970. The Labute approximate surface area is 81.5 Å². The second-order valence-corrected chi connectivity index (χ2v) is 1.94. The van der Waals surface area contributed by atoms with Crippen molar-refractivity contribution in [1.82, 2.24) is 0 Å². The molecule has 1 nitrogen and oxygen atoms in total. The third kappa shape index (κ3) is 5.69. The first-order valence-corrected chi connectivity index (χ1v) is 4.20. The van der Waals surface area contributed by atoms with Crippen LogP contribution in [0.2, 0.25) is 0 Å². The second kappa shape index (κ2) is 10.4. The Balaban J connectivity index is 0. The molecular formula is C12H17N. The van der Waals surface area contributed by atoms with Crippen molar-refractivity contribution in [3.63, 3.8) is 0 Å². The number of nitrogens with zero attached hydrogens (tertiary/aromatic N) is 1. The fourth-order valence-electron chi connectivity index (χ4n) is 0.741. The van der Waals surface area contributed by atoms with Crippen molar-refractivity contribution in [3.05, 3.63) is 29.8 Å². The van der Waals surface area contributed by atoms with Crippen LogP contribution in [-0.4, -0.2) is 6.72 Å². The van der Waals surface area contributed by atoms with Gasteiger partial charge < -0.3 is 0 Å². The third-order valence-corrected chi connectivity index (χ3v) is 1.29. The van der Waals surface area contributed by atoms with Gasteiger partial charge in [-0.2, -0.15) is 0 Å². The highest BCUT2D eigenvalue weighted by molar-refractivity contribution is 5.50. The van der Waals surface area contributed by atoms with Gasteiger partial charge in [-0.15, -0.1) is 12.8 Å². The van der Waals surface area contributed by atoms with Crippen LogP contribution >= 0.6 is 0 Å². The smallest absolute Gasteiger partial charge is 0.0651 e. The molecule has 1 heteroatoms. The van der Waals surface area contributed by atoms with Crippen LogP contribution < -0.4 is 0 Å². The molecule has 0 radical (unpaired) electrons. The SMILES string of the molecule is C#C.C=Nc1ccccc1C.CC. The quantitative estimate of drug-likeness (QED) is 0.457. The third-order valence-electron chi connectivity index (χ3n) is 1.29. The Kier molecular flexibility index (Phi) is 11.3. The van der Waals surface area contributed by atoms with Crippen LogP contribution in [-0.2, 0) is 0 Å². The van der Waals surface area contributed by atoms with E-state index in [9.17, 15) is 0 Å². The first-order chi connectivity index (χ1) is 6.34. The number of hydrogen-bond donors (Lipinski definition) is 0. The monoisotopic (exact) mass is 175 g/mol. The summed E-state index contributed by atoms with van der Waals surface area (Å²) in [4.78, 5) is 3.82. The fourth-order valence-corrected chi connectivity index (χ4v) is 0.741. The van der Waals surface area contributed by atoms with Gasteiger partial charge in [0, 0.05) is 0 Å². The summed E-state index contributed by atoms with van der Waals surface area (Å²) in [5.74, 6) is 0. The summed E-state index contributed by atoms with van der Waals surface area (Å²) in [5.41, 5.74) is 2.14. The van der Waals surface area contributed by atoms with E-state index in [4.69, 9.17) is 0 Å². The minimum Gasteiger partial charge on any atom is -0.264 e. The van der Waals surface area contributed by atoms with Crippen LogP contribution in [0.3, 0.4) is 0 Å². The van der Waals surface area contributed by atoms with Gasteiger partial charge in [0.1, 0.15) is 0 Å². The molecule has 0 fully saturated rings. The van der Waals surface area contributed by atoms with Crippen molar-refractivity contribution in [3.8, 4) is 12.8 Å². The molecule has 1 aromatic rings. The highest BCUT2D eigenvalue weighted by atomic mass is 14.7. The van der Waals surface area contributed by atoms with E-state index in [-0.39, 0.29) is 0 Å². The average molecular weight is 175 g/mol. The van der Waals surface area contributed by atoms with Crippen LogP contribution in [0.5, 0.6) is 0 Å². The number of aliphatic imine (C=N–C) groups is 1. The van der Waals surface area contributed by atoms with E-state index in [0.717, 1.165) is 5.69 Å². The molecule has 0 bridgehead atoms. The molecular weight excluding hydrogens is 158 g/mol. The normalized spacial score (nSPS) is 6.85. The highest BCUT2D eigenvalue weighted by Crippen LogP contribution is 2.15. The summed E-state index contributed by atoms with van der Waals surface area (Å²) in [5, 5.41) is 0. The van der Waals surface area contributed by atoms with Crippen molar-refractivity contribution in [2.24, 2.45) is 4.99 Å². The largest absolute Gasteiger partial charge is 0.264 e. The van der Waals surface area contributed by atoms with Gasteiger partial charge in [0.25, 0.3) is 0 Å². The van der Waals surface area contributed by atoms with Crippen molar-refractivity contribution in [2.45, 2.75) is 20.8 Å². The van der Waals surface area contributed by atoms with E-state index in [1.807, 2.05) is 45.0 Å². The van der Waals surface area contributed by atoms with Crippen LogP contribution in [0.15, 0.2) is 29.3 Å². The molecule has 0 atom stereocenters. The lowest BCUT2D eigenvalue weighted by atomic mass is 10.2. The Hall–Kier alpha value is -1.55. The number of para-hydroxylation sites is 1. The Morgan fingerprint density at radius 3 is 1.92 bits per heavy atom. The summed E-state index contributed by atoms with van der Waals surface area (Å²) in [6, 6.07) is 7.91. The molecule has 13 heavy (non-hydrogen) atoms. The first kappa shape index (κ1) is 14.0. The maximum atomic E-state index is 4.00. The zero-order valence-corrected chi connectivity index (χ0v) is 8.62. The van der Waals surface area contributed by atoms with E-state index in [1.54, 1.807) is 0 Å². The van der Waals surface area contributed by atoms with E-state index in [1.165, 1.54) is 5.56 Å². The molecule has 0 aliphatic rings. The van der Waals surface area contributed by atoms with Crippen molar-refractivity contribution in [2.75, 3.05) is 0 Å². The molecule has 0 aliphatic carbocycles. The zero-order chi connectivity index (χ0) is 10.7. The Morgan fingerprint density at radius 2 is 1.62 bits per heavy atom. The van der Waals surface area contributed by atoms with E-state index >= 15 is 0 Å². The summed E-state index contributed by atoms with van der Waals surface area (Å²) in [6.45, 7) is 9.46. The molecule has 0 aromatic heterocycles. The van der Waals surface area contributed by atoms with Crippen molar-refractivity contribution >= 4 is 12.4 Å². The summed E-state index contributed by atoms with van der Waals surface area (Å²) >= 11 is 0. The molecule has 1 aromatic carbocycles. The van der Waals surface area contributed by atoms with Gasteiger partial charge in [-0.05, 0) is 25.3 Å². The average Bonchev–Trinajstić information content (AvgIpc) is 2.24. The van der Waals surface area contributed by atoms with Gasteiger partial charge in [0.2, 0.25) is 0 Å². The topological polar surface area (TPSA) is 12.4 Å². The first-order valence-electron chi connectivity index (χ1n) is 4.20. The standard InChI is InChI=1S/C8H9N.C2H6.C2H2/c1-7-5-3-4-6-8(7)9-2;2*1-2/h3-6H,2H2,1H3;1-2H3;1-2H. The van der Waals surface area contributed by atoms with Gasteiger partial charge in [0.05, 0.1) is 5.69 Å². The molecule has 0 aliphatic heterocycles. The van der Waals surface area contributed by atoms with Crippen LogP contribution in [0, 0.1) is 19.8 Å². The maximum Gasteiger partial charge on any atom is 0.0651 e. The minimum absolute atomic E-state index is 0.970. The lowest BCUT2D eigenvalue weighted by Gasteiger charge is -1.94. The molecule has 70 valence electrons. The molecule has 0 heterocycles. The zero-order valence-electron chi connectivity index (χ0n) is 8.62. The lowest BCUT2D eigenvalue weighted by Crippen LogP contribution is -1.69. The predicted molar refractivity (Wildman–Crippen MR) is 61.6 cm³/mol. The number of rotatable bonds is 1. The van der Waals surface area contributed by atoms with Gasteiger partial charge in [-0.25, -0.2) is 0 Å². The Bertz CT molecular complexity index is 248. The van der Waals surface area contributed by atoms with E-state index < -0.39 is 0 Å². The molecule has 0 unspecified atom stereocenters. The van der Waals surface area contributed by atoms with E-state index in [2.05, 4.69) is 24.6 Å². The maximum absolute atomic E-state index is 4.00. The highest BCUT2D eigenvalue weighted by Gasteiger charge is 1.88. The summed E-state index contributed by atoms with van der Waals surface area (Å²) in [7, 11) is 0. The van der Waals surface area contributed by atoms with Gasteiger partial charge in [0.15, 0.2) is 0 Å². The molecule has 0 amide bonds. The second-order valence-electron chi connectivity index (χ2n) is 1.94. The van der Waals surface area contributed by atoms with Crippen LogP contribution in [0.4, 0.5) is 5.69 Å². The fraction of sp³-hybridized carbons (Fsp3) is 0.250. The van der Waals surface area contributed by atoms with E-state index in [0.29, 0.717) is 0 Å². The number of benzene rings is 1. The lowest BCUT2D eigenvalue weighted by molar-refractivity contribution is 1.41. The summed E-state index contributed by atoms with van der Waals surface area (Å²) in [6.07, 6.45) is 8.00. The molecule has 0 N–H and O–H groups in total.